The first-order chi connectivity index (χ1) is 16.4. The third kappa shape index (κ3) is 5.33. The Morgan fingerprint density at radius 1 is 1.26 bits per heavy atom. The second-order valence-electron chi connectivity index (χ2n) is 7.35. The molecule has 0 radical (unpaired) electrons. The average Bonchev–Trinajstić information content (AvgIpc) is 2.86. The summed E-state index contributed by atoms with van der Waals surface area (Å²) >= 11 is 1.19. The van der Waals surface area contributed by atoms with Crippen LogP contribution in [0, 0.1) is 11.3 Å². The molecule has 174 valence electrons. The number of carbonyl (C=O) groups excluding carboxylic acids is 2. The van der Waals surface area contributed by atoms with Crippen LogP contribution in [0.3, 0.4) is 0 Å². The normalized spacial score (nSPS) is 15.3. The zero-order chi connectivity index (χ0) is 24.7. The summed E-state index contributed by atoms with van der Waals surface area (Å²) in [4.78, 5) is 25.6. The fourth-order valence-corrected chi connectivity index (χ4v) is 4.55. The van der Waals surface area contributed by atoms with Crippen molar-refractivity contribution in [2.75, 3.05) is 19.5 Å². The van der Waals surface area contributed by atoms with Crippen LogP contribution in [0.1, 0.15) is 28.8 Å². The number of rotatable bonds is 9. The number of aromatic hydroxyl groups is 1. The summed E-state index contributed by atoms with van der Waals surface area (Å²) in [6.07, 6.45) is 1.46. The van der Waals surface area contributed by atoms with Gasteiger partial charge >= 0.3 is 5.97 Å². The van der Waals surface area contributed by atoms with Crippen LogP contribution in [0.25, 0.3) is 0 Å². The van der Waals surface area contributed by atoms with Gasteiger partial charge in [-0.25, -0.2) is 4.79 Å². The summed E-state index contributed by atoms with van der Waals surface area (Å²) in [5.41, 5.74) is 2.15. The number of Topliss-reactive ketones (excluding diaryl/α,β-unsaturated/α-hetero) is 1. The molecule has 8 heteroatoms. The predicted octanol–water partition coefficient (Wildman–Crippen LogP) is 4.44. The molecule has 0 amide bonds. The first kappa shape index (κ1) is 24.7. The summed E-state index contributed by atoms with van der Waals surface area (Å²) in [6, 6.07) is 15.7. The Labute approximate surface area is 202 Å². The standard InChI is InChI=1S/C26H24N2O5S/c1-4-12-33-26(31)23-16(2)28-25(34-15-21(30)17-8-6-5-7-9-17)19(14-27)24(23)18-10-11-20(29)22(13-18)32-3/h4-11,13,24,28-29H,1,12,15H2,2-3H3/t24-/m0/s1. The monoisotopic (exact) mass is 476 g/mol. The van der Waals surface area contributed by atoms with Crippen LogP contribution in [0.5, 0.6) is 11.5 Å². The number of dihydropyridines is 1. The number of benzene rings is 2. The molecule has 34 heavy (non-hydrogen) atoms. The molecule has 0 aliphatic carbocycles. The second kappa shape index (κ2) is 11.3. The Kier molecular flexibility index (Phi) is 8.17. The van der Waals surface area contributed by atoms with Crippen LogP contribution in [-0.4, -0.2) is 36.3 Å². The van der Waals surface area contributed by atoms with Gasteiger partial charge in [0, 0.05) is 11.3 Å². The van der Waals surface area contributed by atoms with Gasteiger partial charge in [-0.1, -0.05) is 60.8 Å². The number of ketones is 1. The molecule has 0 bridgehead atoms. The van der Waals surface area contributed by atoms with E-state index >= 15 is 0 Å². The van der Waals surface area contributed by atoms with Crippen LogP contribution in [0.4, 0.5) is 0 Å². The number of thioether (sulfide) groups is 1. The van der Waals surface area contributed by atoms with Crippen LogP contribution < -0.4 is 10.1 Å². The number of methoxy groups -OCH3 is 1. The van der Waals surface area contributed by atoms with Crippen molar-refractivity contribution in [2.24, 2.45) is 0 Å². The van der Waals surface area contributed by atoms with Gasteiger partial charge in [0.1, 0.15) is 6.61 Å². The number of phenolic OH excluding ortho intramolecular Hbond substituents is 1. The molecule has 1 atom stereocenters. The highest BCUT2D eigenvalue weighted by atomic mass is 32.2. The largest absolute Gasteiger partial charge is 0.504 e. The number of phenols is 1. The second-order valence-corrected chi connectivity index (χ2v) is 8.33. The van der Waals surface area contributed by atoms with E-state index < -0.39 is 11.9 Å². The SMILES string of the molecule is C=CCOC(=O)C1=C(C)NC(SCC(=O)c2ccccc2)=C(C#N)[C@@H]1c1ccc(O)c(OC)c1. The molecular weight excluding hydrogens is 452 g/mol. The lowest BCUT2D eigenvalue weighted by atomic mass is 9.82. The van der Waals surface area contributed by atoms with Crippen molar-refractivity contribution >= 4 is 23.5 Å². The number of allylic oxidation sites excluding steroid dienone is 2. The van der Waals surface area contributed by atoms with E-state index in [9.17, 15) is 20.0 Å². The number of esters is 1. The van der Waals surface area contributed by atoms with Crippen molar-refractivity contribution in [2.45, 2.75) is 12.8 Å². The molecule has 0 aromatic heterocycles. The first-order valence-corrected chi connectivity index (χ1v) is 11.4. The minimum Gasteiger partial charge on any atom is -0.504 e. The van der Waals surface area contributed by atoms with E-state index in [1.807, 2.05) is 6.07 Å². The van der Waals surface area contributed by atoms with Crippen molar-refractivity contribution in [1.82, 2.24) is 5.32 Å². The average molecular weight is 477 g/mol. The first-order valence-electron chi connectivity index (χ1n) is 10.4. The lowest BCUT2D eigenvalue weighted by Crippen LogP contribution is -2.29. The van der Waals surface area contributed by atoms with E-state index in [-0.39, 0.29) is 40.8 Å². The molecule has 1 aliphatic heterocycles. The zero-order valence-corrected chi connectivity index (χ0v) is 19.6. The maximum Gasteiger partial charge on any atom is 0.337 e. The van der Waals surface area contributed by atoms with Crippen LogP contribution >= 0.6 is 11.8 Å². The maximum absolute atomic E-state index is 13.0. The number of hydrogen-bond donors (Lipinski definition) is 2. The molecular formula is C26H24N2O5S. The Bertz CT molecular complexity index is 1210. The number of nitrogens with zero attached hydrogens (tertiary/aromatic N) is 1. The summed E-state index contributed by atoms with van der Waals surface area (Å²) in [6.45, 7) is 5.29. The molecule has 1 heterocycles. The Balaban J connectivity index is 2.03. The van der Waals surface area contributed by atoms with Gasteiger partial charge in [0.25, 0.3) is 0 Å². The maximum atomic E-state index is 13.0. The van der Waals surface area contributed by atoms with Gasteiger partial charge in [-0.3, -0.25) is 4.79 Å². The van der Waals surface area contributed by atoms with E-state index in [4.69, 9.17) is 9.47 Å². The number of hydrogen-bond acceptors (Lipinski definition) is 8. The van der Waals surface area contributed by atoms with Gasteiger partial charge < -0.3 is 19.9 Å². The molecule has 1 aliphatic rings. The highest BCUT2D eigenvalue weighted by Gasteiger charge is 2.36. The quantitative estimate of drug-likeness (QED) is 0.311. The fraction of sp³-hybridized carbons (Fsp3) is 0.192. The van der Waals surface area contributed by atoms with E-state index in [0.29, 0.717) is 21.9 Å². The number of nitriles is 1. The summed E-state index contributed by atoms with van der Waals surface area (Å²) in [5.74, 6) is -1.23. The predicted molar refractivity (Wildman–Crippen MR) is 130 cm³/mol. The van der Waals surface area contributed by atoms with Gasteiger partial charge in [0.05, 0.1) is 41.0 Å². The molecule has 7 nitrogen and oxygen atoms in total. The lowest BCUT2D eigenvalue weighted by Gasteiger charge is -2.29. The fourth-order valence-electron chi connectivity index (χ4n) is 3.56. The molecule has 3 rings (SSSR count). The third-order valence-electron chi connectivity index (χ3n) is 5.18. The van der Waals surface area contributed by atoms with Gasteiger partial charge in [0.15, 0.2) is 17.3 Å². The number of nitrogens with one attached hydrogen (secondary N) is 1. The number of carbonyl (C=O) groups is 2. The van der Waals surface area contributed by atoms with E-state index in [1.54, 1.807) is 43.3 Å². The lowest BCUT2D eigenvalue weighted by molar-refractivity contribution is -0.138. The van der Waals surface area contributed by atoms with Crippen molar-refractivity contribution in [3.05, 3.63) is 94.2 Å². The topological polar surface area (TPSA) is 109 Å². The minimum absolute atomic E-state index is 0.0139. The van der Waals surface area contributed by atoms with Crippen molar-refractivity contribution in [3.63, 3.8) is 0 Å². The highest BCUT2D eigenvalue weighted by molar-refractivity contribution is 8.03. The number of ether oxygens (including phenoxy) is 2. The summed E-state index contributed by atoms with van der Waals surface area (Å²) in [5, 5.41) is 23.7. The molecule has 2 aromatic rings. The molecule has 0 saturated carbocycles. The minimum atomic E-state index is -0.785. The molecule has 0 fully saturated rings. The molecule has 0 unspecified atom stereocenters. The van der Waals surface area contributed by atoms with Gasteiger partial charge in [-0.2, -0.15) is 5.26 Å². The molecule has 0 spiro atoms. The summed E-state index contributed by atoms with van der Waals surface area (Å²) < 4.78 is 10.5. The smallest absolute Gasteiger partial charge is 0.337 e. The van der Waals surface area contributed by atoms with Gasteiger partial charge in [-0.05, 0) is 24.6 Å². The zero-order valence-electron chi connectivity index (χ0n) is 18.8. The van der Waals surface area contributed by atoms with E-state index in [0.717, 1.165) is 0 Å². The Morgan fingerprint density at radius 3 is 2.65 bits per heavy atom. The van der Waals surface area contributed by atoms with Gasteiger partial charge in [0.2, 0.25) is 0 Å². The van der Waals surface area contributed by atoms with Crippen molar-refractivity contribution < 1.29 is 24.2 Å². The van der Waals surface area contributed by atoms with E-state index in [1.165, 1.54) is 31.0 Å². The molecule has 0 saturated heterocycles. The van der Waals surface area contributed by atoms with Crippen LogP contribution in [-0.2, 0) is 9.53 Å². The third-order valence-corrected chi connectivity index (χ3v) is 6.20. The molecule has 2 aromatic carbocycles. The Hall–Kier alpha value is -3.96. The van der Waals surface area contributed by atoms with E-state index in [2.05, 4.69) is 18.0 Å². The van der Waals surface area contributed by atoms with Crippen LogP contribution in [0.15, 0.2) is 83.1 Å². The van der Waals surface area contributed by atoms with Crippen LogP contribution in [0.2, 0.25) is 0 Å². The van der Waals surface area contributed by atoms with Crippen molar-refractivity contribution in [3.8, 4) is 17.6 Å². The van der Waals surface area contributed by atoms with Crippen molar-refractivity contribution in [1.29, 1.82) is 5.26 Å². The highest BCUT2D eigenvalue weighted by Crippen LogP contribution is 2.43. The molecule has 2 N–H and O–H groups in total. The Morgan fingerprint density at radius 2 is 2.00 bits per heavy atom. The van der Waals surface area contributed by atoms with Gasteiger partial charge in [-0.15, -0.1) is 0 Å². The summed E-state index contributed by atoms with van der Waals surface area (Å²) in [7, 11) is 1.42.